The molecule has 0 radical (unpaired) electrons. The van der Waals surface area contributed by atoms with Crippen LogP contribution in [0, 0.1) is 0 Å². The summed E-state index contributed by atoms with van der Waals surface area (Å²) >= 11 is 6.12. The number of likely N-dealkylation sites (tertiary alicyclic amines) is 1. The van der Waals surface area contributed by atoms with Crippen LogP contribution in [0.4, 0.5) is 0 Å². The number of nitrogens with one attached hydrogen (secondary N) is 1. The van der Waals surface area contributed by atoms with Gasteiger partial charge in [-0.05, 0) is 37.1 Å². The minimum Gasteiger partial charge on any atom is -0.480 e. The number of benzene rings is 2. The van der Waals surface area contributed by atoms with Crippen LogP contribution in [0.25, 0.3) is 11.3 Å². The van der Waals surface area contributed by atoms with E-state index < -0.39 is 0 Å². The molecular weight excluding hydrogens is 428 g/mol. The van der Waals surface area contributed by atoms with Gasteiger partial charge in [0.05, 0.1) is 23.4 Å². The van der Waals surface area contributed by atoms with E-state index in [0.717, 1.165) is 5.56 Å². The molecule has 1 N–H and O–H groups in total. The molecule has 8 heteroatoms. The van der Waals surface area contributed by atoms with Crippen molar-refractivity contribution < 1.29 is 14.3 Å². The van der Waals surface area contributed by atoms with Gasteiger partial charge in [-0.25, -0.2) is 0 Å². The lowest BCUT2D eigenvalue weighted by Crippen LogP contribution is -2.46. The monoisotopic (exact) mass is 450 g/mol. The molecule has 7 nitrogen and oxygen atoms in total. The van der Waals surface area contributed by atoms with Crippen molar-refractivity contribution in [2.45, 2.75) is 18.9 Å². The number of piperidine rings is 1. The normalized spacial score (nSPS) is 14.1. The van der Waals surface area contributed by atoms with Crippen LogP contribution in [-0.4, -0.2) is 53.2 Å². The maximum atomic E-state index is 13.3. The van der Waals surface area contributed by atoms with Crippen molar-refractivity contribution in [3.8, 4) is 17.1 Å². The Hall–Kier alpha value is -3.45. The Balaban J connectivity index is 1.42. The fourth-order valence-corrected chi connectivity index (χ4v) is 3.99. The molecule has 0 saturated carbocycles. The molecule has 2 aromatic carbocycles. The average Bonchev–Trinajstić information content (AvgIpc) is 2.84. The Morgan fingerprint density at radius 1 is 0.969 bits per heavy atom. The number of carbonyl (C=O) groups excluding carboxylic acids is 2. The highest BCUT2D eigenvalue weighted by Gasteiger charge is 2.26. The first-order chi connectivity index (χ1) is 15.6. The van der Waals surface area contributed by atoms with Crippen molar-refractivity contribution in [1.29, 1.82) is 0 Å². The van der Waals surface area contributed by atoms with Crippen LogP contribution in [0.15, 0.2) is 60.7 Å². The topological polar surface area (TPSA) is 84.4 Å². The van der Waals surface area contributed by atoms with E-state index in [0.29, 0.717) is 53.7 Å². The molecule has 0 unspecified atom stereocenters. The molecule has 1 aliphatic heterocycles. The van der Waals surface area contributed by atoms with Crippen molar-refractivity contribution in [3.05, 3.63) is 76.8 Å². The number of ether oxygens (including phenoxy) is 1. The molecule has 4 rings (SSSR count). The second-order valence-corrected chi connectivity index (χ2v) is 7.93. The van der Waals surface area contributed by atoms with Crippen LogP contribution < -0.4 is 10.1 Å². The molecule has 2 heterocycles. The van der Waals surface area contributed by atoms with Gasteiger partial charge in [0.1, 0.15) is 0 Å². The standard InChI is InChI=1S/C24H23ClN4O3/c1-32-22-11-10-21(27-28-22)17-6-2-3-7-18(17)24(31)29-14-12-16(13-15-29)26-23(30)19-8-4-5-9-20(19)25/h2-11,16H,12-15H2,1H3,(H,26,30). The summed E-state index contributed by atoms with van der Waals surface area (Å²) in [5, 5.41) is 11.7. The van der Waals surface area contributed by atoms with E-state index in [4.69, 9.17) is 16.3 Å². The Kier molecular flexibility index (Phi) is 6.66. The summed E-state index contributed by atoms with van der Waals surface area (Å²) in [4.78, 5) is 27.6. The first-order valence-corrected chi connectivity index (χ1v) is 10.8. The third kappa shape index (κ3) is 4.73. The quantitative estimate of drug-likeness (QED) is 0.638. The lowest BCUT2D eigenvalue weighted by atomic mass is 10.00. The lowest BCUT2D eigenvalue weighted by Gasteiger charge is -2.33. The summed E-state index contributed by atoms with van der Waals surface area (Å²) in [5.41, 5.74) is 2.37. The Morgan fingerprint density at radius 3 is 2.31 bits per heavy atom. The molecule has 0 spiro atoms. The largest absolute Gasteiger partial charge is 0.480 e. The van der Waals surface area contributed by atoms with E-state index in [1.54, 1.807) is 42.5 Å². The van der Waals surface area contributed by atoms with Crippen LogP contribution in [0.1, 0.15) is 33.6 Å². The fraction of sp³-hybridized carbons (Fsp3) is 0.250. The van der Waals surface area contributed by atoms with Crippen LogP contribution >= 0.6 is 11.6 Å². The van der Waals surface area contributed by atoms with Gasteiger partial charge in [0.25, 0.3) is 11.8 Å². The molecule has 3 aromatic rings. The summed E-state index contributed by atoms with van der Waals surface area (Å²) in [7, 11) is 1.53. The summed E-state index contributed by atoms with van der Waals surface area (Å²) in [6, 6.07) is 17.8. The second-order valence-electron chi connectivity index (χ2n) is 7.53. The molecule has 164 valence electrons. The highest BCUT2D eigenvalue weighted by Crippen LogP contribution is 2.25. The van der Waals surface area contributed by atoms with E-state index >= 15 is 0 Å². The number of aromatic nitrogens is 2. The van der Waals surface area contributed by atoms with Gasteiger partial charge in [-0.15, -0.1) is 10.2 Å². The Labute approximate surface area is 191 Å². The number of methoxy groups -OCH3 is 1. The third-order valence-corrected chi connectivity index (χ3v) is 5.85. The van der Waals surface area contributed by atoms with E-state index in [2.05, 4.69) is 15.5 Å². The van der Waals surface area contributed by atoms with Crippen LogP contribution in [-0.2, 0) is 0 Å². The summed E-state index contributed by atoms with van der Waals surface area (Å²) in [6.45, 7) is 1.10. The number of nitrogens with zero attached hydrogens (tertiary/aromatic N) is 3. The molecular formula is C24H23ClN4O3. The molecule has 1 fully saturated rings. The van der Waals surface area contributed by atoms with Crippen LogP contribution in [0.5, 0.6) is 5.88 Å². The number of hydrogen-bond donors (Lipinski definition) is 1. The molecule has 1 saturated heterocycles. The molecule has 0 bridgehead atoms. The van der Waals surface area contributed by atoms with Crippen molar-refractivity contribution in [2.24, 2.45) is 0 Å². The maximum absolute atomic E-state index is 13.3. The van der Waals surface area contributed by atoms with Crippen molar-refractivity contribution in [2.75, 3.05) is 20.2 Å². The van der Waals surface area contributed by atoms with E-state index in [9.17, 15) is 9.59 Å². The minimum absolute atomic E-state index is 0.00878. The van der Waals surface area contributed by atoms with Gasteiger partial charge in [0, 0.05) is 36.3 Å². The van der Waals surface area contributed by atoms with E-state index in [1.165, 1.54) is 7.11 Å². The summed E-state index contributed by atoms with van der Waals surface area (Å²) in [6.07, 6.45) is 1.35. The van der Waals surface area contributed by atoms with Gasteiger partial charge in [-0.2, -0.15) is 0 Å². The van der Waals surface area contributed by atoms with Gasteiger partial charge in [-0.1, -0.05) is 41.9 Å². The highest BCUT2D eigenvalue weighted by molar-refractivity contribution is 6.33. The Bertz CT molecular complexity index is 1110. The first kappa shape index (κ1) is 21.8. The fourth-order valence-electron chi connectivity index (χ4n) is 3.77. The SMILES string of the molecule is COc1ccc(-c2ccccc2C(=O)N2CCC(NC(=O)c3ccccc3Cl)CC2)nn1. The lowest BCUT2D eigenvalue weighted by molar-refractivity contribution is 0.0699. The van der Waals surface area contributed by atoms with E-state index in [-0.39, 0.29) is 17.9 Å². The van der Waals surface area contributed by atoms with Crippen molar-refractivity contribution in [3.63, 3.8) is 0 Å². The minimum atomic E-state index is -0.191. The van der Waals surface area contributed by atoms with Crippen LogP contribution in [0.2, 0.25) is 5.02 Å². The molecule has 1 aromatic heterocycles. The first-order valence-electron chi connectivity index (χ1n) is 10.4. The summed E-state index contributed by atoms with van der Waals surface area (Å²) in [5.74, 6) is 0.163. The van der Waals surface area contributed by atoms with Gasteiger partial charge in [-0.3, -0.25) is 9.59 Å². The van der Waals surface area contributed by atoms with E-state index in [1.807, 2.05) is 23.1 Å². The molecule has 0 atom stereocenters. The van der Waals surface area contributed by atoms with Gasteiger partial charge in [0.15, 0.2) is 0 Å². The number of hydrogen-bond acceptors (Lipinski definition) is 5. The predicted molar refractivity (Wildman–Crippen MR) is 122 cm³/mol. The molecule has 2 amide bonds. The van der Waals surface area contributed by atoms with Gasteiger partial charge in [0.2, 0.25) is 5.88 Å². The summed E-state index contributed by atoms with van der Waals surface area (Å²) < 4.78 is 5.06. The molecule has 0 aliphatic carbocycles. The molecule has 32 heavy (non-hydrogen) atoms. The zero-order chi connectivity index (χ0) is 22.5. The van der Waals surface area contributed by atoms with Gasteiger partial charge >= 0.3 is 0 Å². The predicted octanol–water partition coefficient (Wildman–Crippen LogP) is 3.84. The smallest absolute Gasteiger partial charge is 0.254 e. The maximum Gasteiger partial charge on any atom is 0.254 e. The van der Waals surface area contributed by atoms with Crippen molar-refractivity contribution in [1.82, 2.24) is 20.4 Å². The third-order valence-electron chi connectivity index (χ3n) is 5.52. The molecule has 1 aliphatic rings. The average molecular weight is 451 g/mol. The number of rotatable bonds is 5. The number of halogens is 1. The number of carbonyl (C=O) groups is 2. The zero-order valence-corrected chi connectivity index (χ0v) is 18.4. The zero-order valence-electron chi connectivity index (χ0n) is 17.6. The van der Waals surface area contributed by atoms with Crippen LogP contribution in [0.3, 0.4) is 0 Å². The van der Waals surface area contributed by atoms with Crippen molar-refractivity contribution >= 4 is 23.4 Å². The number of amides is 2. The Morgan fingerprint density at radius 2 is 1.66 bits per heavy atom. The van der Waals surface area contributed by atoms with Gasteiger partial charge < -0.3 is 15.0 Å². The highest BCUT2D eigenvalue weighted by atomic mass is 35.5. The second kappa shape index (κ2) is 9.78.